The first kappa shape index (κ1) is 22.1. The van der Waals surface area contributed by atoms with Gasteiger partial charge in [0, 0.05) is 29.7 Å². The van der Waals surface area contributed by atoms with Crippen molar-refractivity contribution in [1.82, 2.24) is 19.7 Å². The number of hydrogen-bond donors (Lipinski definition) is 2. The Morgan fingerprint density at radius 1 is 0.914 bits per heavy atom. The van der Waals surface area contributed by atoms with Crippen LogP contribution in [0.1, 0.15) is 16.7 Å². The molecule has 2 heterocycles. The summed E-state index contributed by atoms with van der Waals surface area (Å²) in [4.78, 5) is 21.2. The number of aryl methyl sites for hydroxylation is 2. The molecule has 0 bridgehead atoms. The monoisotopic (exact) mass is 464 g/mol. The Hall–Kier alpha value is -4.72. The Morgan fingerprint density at radius 3 is 2.43 bits per heavy atom. The number of carbonyl (C=O) groups excluding carboxylic acids is 1. The van der Waals surface area contributed by atoms with Crippen molar-refractivity contribution in [3.8, 4) is 23.0 Å². The van der Waals surface area contributed by atoms with Crippen molar-refractivity contribution in [1.29, 1.82) is 0 Å². The summed E-state index contributed by atoms with van der Waals surface area (Å²) in [5, 5.41) is 9.77. The van der Waals surface area contributed by atoms with Crippen LogP contribution < -0.4 is 10.6 Å². The Bertz CT molecular complexity index is 1470. The summed E-state index contributed by atoms with van der Waals surface area (Å²) in [6.07, 6.45) is 3.60. The topological polar surface area (TPSA) is 97.9 Å². The van der Waals surface area contributed by atoms with Crippen LogP contribution in [0.15, 0.2) is 89.8 Å². The number of carbonyl (C=O) groups is 1. The molecule has 0 unspecified atom stereocenters. The number of imidazole rings is 1. The van der Waals surface area contributed by atoms with E-state index < -0.39 is 0 Å². The smallest absolute Gasteiger partial charge is 0.323 e. The van der Waals surface area contributed by atoms with Gasteiger partial charge in [-0.1, -0.05) is 53.2 Å². The molecule has 8 nitrogen and oxygen atoms in total. The number of aromatic nitrogens is 4. The number of urea groups is 1. The van der Waals surface area contributed by atoms with E-state index in [-0.39, 0.29) is 6.03 Å². The Labute approximate surface area is 202 Å². The summed E-state index contributed by atoms with van der Waals surface area (Å²) in [6.45, 7) is 4.62. The molecule has 174 valence electrons. The van der Waals surface area contributed by atoms with Gasteiger partial charge in [-0.25, -0.2) is 9.78 Å². The number of benzene rings is 3. The van der Waals surface area contributed by atoms with Crippen LogP contribution >= 0.6 is 0 Å². The van der Waals surface area contributed by atoms with E-state index in [0.717, 1.165) is 27.9 Å². The Morgan fingerprint density at radius 2 is 1.66 bits per heavy atom. The summed E-state index contributed by atoms with van der Waals surface area (Å²) in [7, 11) is 0. The van der Waals surface area contributed by atoms with Gasteiger partial charge in [0.25, 0.3) is 5.89 Å². The zero-order valence-corrected chi connectivity index (χ0v) is 19.4. The first-order chi connectivity index (χ1) is 17.0. The van der Waals surface area contributed by atoms with Crippen LogP contribution in [0, 0.1) is 13.8 Å². The number of hydrogen-bond acceptors (Lipinski definition) is 5. The zero-order valence-electron chi connectivity index (χ0n) is 19.4. The second-order valence-electron chi connectivity index (χ2n) is 8.37. The third-order valence-electron chi connectivity index (χ3n) is 5.41. The third kappa shape index (κ3) is 5.44. The van der Waals surface area contributed by atoms with Gasteiger partial charge in [-0.3, -0.25) is 0 Å². The molecule has 2 amide bonds. The molecule has 3 aromatic carbocycles. The number of nitrogens with one attached hydrogen (secondary N) is 2. The van der Waals surface area contributed by atoms with Gasteiger partial charge in [0.1, 0.15) is 5.69 Å². The van der Waals surface area contributed by atoms with Gasteiger partial charge in [0.2, 0.25) is 5.82 Å². The van der Waals surface area contributed by atoms with Crippen LogP contribution in [0.5, 0.6) is 0 Å². The van der Waals surface area contributed by atoms with E-state index in [1.165, 1.54) is 0 Å². The lowest BCUT2D eigenvalue weighted by Gasteiger charge is -2.09. The lowest BCUT2D eigenvalue weighted by molar-refractivity contribution is 0.262. The average Bonchev–Trinajstić information content (AvgIpc) is 3.50. The molecule has 0 atom stereocenters. The average molecular weight is 465 g/mol. The van der Waals surface area contributed by atoms with Crippen LogP contribution in [-0.2, 0) is 6.54 Å². The predicted molar refractivity (Wildman–Crippen MR) is 135 cm³/mol. The van der Waals surface area contributed by atoms with Gasteiger partial charge in [-0.05, 0) is 55.3 Å². The highest BCUT2D eigenvalue weighted by Crippen LogP contribution is 2.22. The number of amides is 2. The van der Waals surface area contributed by atoms with Crippen molar-refractivity contribution in [3.05, 3.63) is 102 Å². The number of anilines is 2. The standard InChI is InChI=1S/C27H24N6O2/c1-18-5-3-7-21(13-18)25-31-26(35-32-25)24-16-33(17-28-24)15-20-9-11-22(12-10-20)29-27(34)30-23-8-4-6-19(2)14-23/h3-14,16-17H,15H2,1-2H3,(H2,29,30,34). The van der Waals surface area contributed by atoms with Crippen LogP contribution in [0.3, 0.4) is 0 Å². The minimum absolute atomic E-state index is 0.285. The normalized spacial score (nSPS) is 10.8. The molecule has 8 heteroatoms. The summed E-state index contributed by atoms with van der Waals surface area (Å²) >= 11 is 0. The second-order valence-corrected chi connectivity index (χ2v) is 8.37. The molecule has 5 aromatic rings. The molecule has 0 aliphatic carbocycles. The highest BCUT2D eigenvalue weighted by molar-refractivity contribution is 5.99. The Kier molecular flexibility index (Phi) is 6.09. The Balaban J connectivity index is 1.20. The van der Waals surface area contributed by atoms with Gasteiger partial charge in [-0.2, -0.15) is 4.98 Å². The van der Waals surface area contributed by atoms with Gasteiger partial charge in [0.05, 0.1) is 6.33 Å². The van der Waals surface area contributed by atoms with Crippen molar-refractivity contribution in [2.75, 3.05) is 10.6 Å². The van der Waals surface area contributed by atoms with Crippen molar-refractivity contribution in [2.24, 2.45) is 0 Å². The van der Waals surface area contributed by atoms with Crippen LogP contribution in [0.4, 0.5) is 16.2 Å². The van der Waals surface area contributed by atoms with Gasteiger partial charge in [-0.15, -0.1) is 0 Å². The van der Waals surface area contributed by atoms with E-state index in [1.807, 2.05) is 97.4 Å². The van der Waals surface area contributed by atoms with E-state index in [1.54, 1.807) is 6.33 Å². The maximum Gasteiger partial charge on any atom is 0.323 e. The highest BCUT2D eigenvalue weighted by atomic mass is 16.5. The van der Waals surface area contributed by atoms with E-state index >= 15 is 0 Å². The largest absolute Gasteiger partial charge is 0.332 e. The molecule has 0 saturated heterocycles. The maximum absolute atomic E-state index is 12.3. The SMILES string of the molecule is Cc1cccc(NC(=O)Nc2ccc(Cn3cnc(-c4nc(-c5cccc(C)c5)no4)c3)cc2)c1. The molecular formula is C27H24N6O2. The zero-order chi connectivity index (χ0) is 24.2. The second kappa shape index (κ2) is 9.64. The number of nitrogens with zero attached hydrogens (tertiary/aromatic N) is 4. The van der Waals surface area contributed by atoms with E-state index in [2.05, 4.69) is 25.8 Å². The summed E-state index contributed by atoms with van der Waals surface area (Å²) in [5.74, 6) is 0.909. The fraction of sp³-hybridized carbons (Fsp3) is 0.111. The van der Waals surface area contributed by atoms with Crippen molar-refractivity contribution >= 4 is 17.4 Å². The van der Waals surface area contributed by atoms with Crippen LogP contribution in [-0.4, -0.2) is 25.7 Å². The molecule has 35 heavy (non-hydrogen) atoms. The van der Waals surface area contributed by atoms with Crippen LogP contribution in [0.25, 0.3) is 23.0 Å². The molecule has 5 rings (SSSR count). The molecule has 0 radical (unpaired) electrons. The summed E-state index contributed by atoms with van der Waals surface area (Å²) in [5.41, 5.74) is 6.25. The van der Waals surface area contributed by atoms with Gasteiger partial charge < -0.3 is 19.7 Å². The van der Waals surface area contributed by atoms with Gasteiger partial charge >= 0.3 is 6.03 Å². The summed E-state index contributed by atoms with van der Waals surface area (Å²) in [6, 6.07) is 23.0. The first-order valence-corrected chi connectivity index (χ1v) is 11.2. The minimum Gasteiger partial charge on any atom is -0.332 e. The molecule has 0 aliphatic rings. The molecule has 0 aliphatic heterocycles. The van der Waals surface area contributed by atoms with Crippen molar-refractivity contribution in [2.45, 2.75) is 20.4 Å². The van der Waals surface area contributed by atoms with E-state index in [4.69, 9.17) is 4.52 Å². The molecule has 0 fully saturated rings. The van der Waals surface area contributed by atoms with Gasteiger partial charge in [0.15, 0.2) is 0 Å². The number of rotatable bonds is 6. The van der Waals surface area contributed by atoms with Crippen molar-refractivity contribution < 1.29 is 9.32 Å². The molecular weight excluding hydrogens is 440 g/mol. The van der Waals surface area contributed by atoms with E-state index in [0.29, 0.717) is 29.6 Å². The molecule has 2 N–H and O–H groups in total. The molecule has 2 aromatic heterocycles. The van der Waals surface area contributed by atoms with Crippen molar-refractivity contribution in [3.63, 3.8) is 0 Å². The fourth-order valence-electron chi connectivity index (χ4n) is 3.71. The lowest BCUT2D eigenvalue weighted by Crippen LogP contribution is -2.19. The third-order valence-corrected chi connectivity index (χ3v) is 5.41. The maximum atomic E-state index is 12.3. The lowest BCUT2D eigenvalue weighted by atomic mass is 10.1. The quantitative estimate of drug-likeness (QED) is 0.326. The highest BCUT2D eigenvalue weighted by Gasteiger charge is 2.13. The van der Waals surface area contributed by atoms with E-state index in [9.17, 15) is 4.79 Å². The fourth-order valence-corrected chi connectivity index (χ4v) is 3.71. The molecule has 0 spiro atoms. The summed E-state index contributed by atoms with van der Waals surface area (Å²) < 4.78 is 7.37. The first-order valence-electron chi connectivity index (χ1n) is 11.2. The van der Waals surface area contributed by atoms with Crippen LogP contribution in [0.2, 0.25) is 0 Å². The predicted octanol–water partition coefficient (Wildman–Crippen LogP) is 5.91. The molecule has 0 saturated carbocycles. The minimum atomic E-state index is -0.285.